The van der Waals surface area contributed by atoms with E-state index in [0.717, 1.165) is 21.3 Å². The molecule has 7 heteroatoms. The first-order valence-electron chi connectivity index (χ1n) is 9.83. The van der Waals surface area contributed by atoms with Crippen LogP contribution in [0.15, 0.2) is 66.2 Å². The topological polar surface area (TPSA) is 78.5 Å². The number of nitrogens with zero attached hydrogens (tertiary/aromatic N) is 1. The summed E-state index contributed by atoms with van der Waals surface area (Å²) in [4.78, 5) is 38.4. The lowest BCUT2D eigenvalue weighted by Gasteiger charge is -2.41. The third-order valence-electron chi connectivity index (χ3n) is 5.70. The summed E-state index contributed by atoms with van der Waals surface area (Å²) in [5, 5.41) is 5.17. The van der Waals surface area contributed by atoms with Gasteiger partial charge in [-0.05, 0) is 41.5 Å². The maximum atomic E-state index is 12.1. The number of nitrogens with one attached hydrogen (secondary N) is 2. The lowest BCUT2D eigenvalue weighted by molar-refractivity contribution is -0.123. The van der Waals surface area contributed by atoms with E-state index in [0.29, 0.717) is 0 Å². The van der Waals surface area contributed by atoms with Gasteiger partial charge in [0.15, 0.2) is 0 Å². The van der Waals surface area contributed by atoms with E-state index < -0.39 is 17.8 Å². The fraction of sp³-hybridized carbons (Fsp3) is 0.125. The van der Waals surface area contributed by atoms with E-state index in [1.165, 1.54) is 28.5 Å². The molecule has 3 aromatic rings. The van der Waals surface area contributed by atoms with Crippen molar-refractivity contribution in [2.24, 2.45) is 0 Å². The molecule has 0 radical (unpaired) electrons. The predicted molar refractivity (Wildman–Crippen MR) is 121 cm³/mol. The second-order valence-electron chi connectivity index (χ2n) is 7.97. The largest absolute Gasteiger partial charge is 0.328 e. The number of rotatable bonds is 2. The molecular formula is C24H19N3O3S. The van der Waals surface area contributed by atoms with Crippen LogP contribution < -0.4 is 15.5 Å². The van der Waals surface area contributed by atoms with Gasteiger partial charge in [-0.3, -0.25) is 20.2 Å². The van der Waals surface area contributed by atoms with Crippen molar-refractivity contribution < 1.29 is 14.4 Å². The molecule has 0 unspecified atom stereocenters. The predicted octanol–water partition coefficient (Wildman–Crippen LogP) is 4.61. The van der Waals surface area contributed by atoms with Crippen LogP contribution in [0.5, 0.6) is 0 Å². The van der Waals surface area contributed by atoms with Crippen LogP contribution in [0.4, 0.5) is 21.2 Å². The molecule has 154 valence electrons. The molecule has 2 aromatic carbocycles. The Morgan fingerprint density at radius 3 is 1.94 bits per heavy atom. The van der Waals surface area contributed by atoms with Crippen molar-refractivity contribution in [2.45, 2.75) is 19.3 Å². The molecule has 2 aliphatic heterocycles. The van der Waals surface area contributed by atoms with E-state index in [2.05, 4.69) is 65.8 Å². The Morgan fingerprint density at radius 2 is 1.35 bits per heavy atom. The van der Waals surface area contributed by atoms with Crippen LogP contribution in [0, 0.1) is 0 Å². The van der Waals surface area contributed by atoms with Gasteiger partial charge in [-0.1, -0.05) is 50.2 Å². The van der Waals surface area contributed by atoms with Crippen LogP contribution in [0.1, 0.15) is 29.9 Å². The third kappa shape index (κ3) is 3.05. The van der Waals surface area contributed by atoms with Crippen LogP contribution in [0.25, 0.3) is 6.08 Å². The van der Waals surface area contributed by atoms with E-state index >= 15 is 0 Å². The van der Waals surface area contributed by atoms with Crippen LogP contribution >= 0.6 is 11.3 Å². The lowest BCUT2D eigenvalue weighted by Crippen LogP contribution is -2.51. The van der Waals surface area contributed by atoms with Gasteiger partial charge >= 0.3 is 6.03 Å². The smallest absolute Gasteiger partial charge is 0.301 e. The standard InChI is InChI=1S/C24H19N3O3S/c1-24(2)16-7-3-5-9-18(16)27(19-10-6-4-8-17(19)24)20-12-11-14(31-20)13-15-21(28)25-23(30)26-22(15)29/h3-13H,1-2H3,(H2,25,26,28,29,30). The van der Waals surface area contributed by atoms with Crippen molar-refractivity contribution in [3.8, 4) is 0 Å². The molecule has 6 nitrogen and oxygen atoms in total. The van der Waals surface area contributed by atoms with Crippen molar-refractivity contribution in [1.29, 1.82) is 0 Å². The van der Waals surface area contributed by atoms with Gasteiger partial charge in [-0.15, -0.1) is 11.3 Å². The number of hydrogen-bond acceptors (Lipinski definition) is 5. The first-order valence-corrected chi connectivity index (χ1v) is 10.7. The zero-order valence-corrected chi connectivity index (χ0v) is 17.7. The zero-order valence-electron chi connectivity index (χ0n) is 16.9. The van der Waals surface area contributed by atoms with Gasteiger partial charge in [0, 0.05) is 10.3 Å². The first-order chi connectivity index (χ1) is 14.9. The van der Waals surface area contributed by atoms with Crippen molar-refractivity contribution in [3.05, 3.63) is 82.2 Å². The molecule has 0 bridgehead atoms. The lowest BCUT2D eigenvalue weighted by atomic mass is 9.74. The second kappa shape index (κ2) is 6.92. The minimum Gasteiger partial charge on any atom is -0.301 e. The number of barbiturate groups is 1. The highest BCUT2D eigenvalue weighted by Crippen LogP contribution is 2.52. The molecule has 1 fully saturated rings. The summed E-state index contributed by atoms with van der Waals surface area (Å²) < 4.78 is 0. The molecule has 0 aliphatic carbocycles. The molecule has 2 N–H and O–H groups in total. The summed E-state index contributed by atoms with van der Waals surface area (Å²) >= 11 is 1.47. The molecule has 1 aromatic heterocycles. The van der Waals surface area contributed by atoms with Gasteiger partial charge in [-0.2, -0.15) is 0 Å². The summed E-state index contributed by atoms with van der Waals surface area (Å²) in [7, 11) is 0. The van der Waals surface area contributed by atoms with Gasteiger partial charge in [-0.25, -0.2) is 4.79 Å². The normalized spacial score (nSPS) is 16.9. The second-order valence-corrected chi connectivity index (χ2v) is 9.06. The van der Waals surface area contributed by atoms with Crippen molar-refractivity contribution in [2.75, 3.05) is 4.90 Å². The van der Waals surface area contributed by atoms with Crippen LogP contribution in [0.3, 0.4) is 0 Å². The Morgan fingerprint density at radius 1 is 0.806 bits per heavy atom. The van der Waals surface area contributed by atoms with Crippen molar-refractivity contribution >= 4 is 51.6 Å². The number of anilines is 3. The maximum Gasteiger partial charge on any atom is 0.328 e. The Balaban J connectivity index is 1.61. The average Bonchev–Trinajstić information content (AvgIpc) is 3.19. The summed E-state index contributed by atoms with van der Waals surface area (Å²) in [6.07, 6.45) is 1.51. The maximum absolute atomic E-state index is 12.1. The first kappa shape index (κ1) is 19.3. The number of benzene rings is 2. The fourth-order valence-electron chi connectivity index (χ4n) is 4.20. The number of para-hydroxylation sites is 2. The highest BCUT2D eigenvalue weighted by molar-refractivity contribution is 7.17. The molecular weight excluding hydrogens is 410 g/mol. The molecule has 0 saturated carbocycles. The number of imide groups is 2. The van der Waals surface area contributed by atoms with Crippen molar-refractivity contribution in [1.82, 2.24) is 10.6 Å². The Hall–Kier alpha value is -3.71. The molecule has 5 rings (SSSR count). The highest BCUT2D eigenvalue weighted by atomic mass is 32.1. The fourth-order valence-corrected chi connectivity index (χ4v) is 5.17. The zero-order chi connectivity index (χ0) is 21.8. The Kier molecular flexibility index (Phi) is 4.30. The number of carbonyl (C=O) groups is 3. The Bertz CT molecular complexity index is 1220. The van der Waals surface area contributed by atoms with Gasteiger partial charge in [0.25, 0.3) is 11.8 Å². The van der Waals surface area contributed by atoms with Gasteiger partial charge in [0.05, 0.1) is 11.4 Å². The highest BCUT2D eigenvalue weighted by Gasteiger charge is 2.36. The third-order valence-corrected chi connectivity index (χ3v) is 6.72. The molecule has 2 aliphatic rings. The number of hydrogen-bond donors (Lipinski definition) is 2. The minimum absolute atomic E-state index is 0.0893. The van der Waals surface area contributed by atoms with Crippen LogP contribution in [-0.2, 0) is 15.0 Å². The number of amides is 4. The van der Waals surface area contributed by atoms with E-state index in [9.17, 15) is 14.4 Å². The molecule has 3 heterocycles. The molecule has 4 amide bonds. The molecule has 1 saturated heterocycles. The van der Waals surface area contributed by atoms with Crippen LogP contribution in [-0.4, -0.2) is 17.8 Å². The number of carbonyl (C=O) groups excluding carboxylic acids is 3. The van der Waals surface area contributed by atoms with E-state index in [4.69, 9.17) is 0 Å². The Labute approximate surface area is 183 Å². The van der Waals surface area contributed by atoms with Crippen LogP contribution in [0.2, 0.25) is 0 Å². The quantitative estimate of drug-likeness (QED) is 0.461. The minimum atomic E-state index is -0.803. The summed E-state index contributed by atoms with van der Waals surface area (Å²) in [6, 6.07) is 19.7. The molecule has 0 spiro atoms. The summed E-state index contributed by atoms with van der Waals surface area (Å²) in [5.74, 6) is -1.39. The van der Waals surface area contributed by atoms with E-state index in [1.54, 1.807) is 0 Å². The summed E-state index contributed by atoms with van der Waals surface area (Å²) in [6.45, 7) is 4.46. The van der Waals surface area contributed by atoms with Gasteiger partial charge < -0.3 is 4.90 Å². The summed E-state index contributed by atoms with van der Waals surface area (Å²) in [5.41, 5.74) is 4.43. The van der Waals surface area contributed by atoms with E-state index in [1.807, 2.05) is 24.3 Å². The monoisotopic (exact) mass is 429 g/mol. The molecule has 31 heavy (non-hydrogen) atoms. The number of urea groups is 1. The number of fused-ring (bicyclic) bond motifs is 2. The van der Waals surface area contributed by atoms with E-state index in [-0.39, 0.29) is 11.0 Å². The average molecular weight is 430 g/mol. The molecule has 0 atom stereocenters. The number of thiophene rings is 1. The van der Waals surface area contributed by atoms with Crippen molar-refractivity contribution in [3.63, 3.8) is 0 Å². The SMILES string of the molecule is CC1(C)c2ccccc2N(c2ccc(C=C3C(=O)NC(=O)NC3=O)s2)c2ccccc21. The van der Waals surface area contributed by atoms with Gasteiger partial charge in [0.1, 0.15) is 10.6 Å². The van der Waals surface area contributed by atoms with Gasteiger partial charge in [0.2, 0.25) is 0 Å².